The lowest BCUT2D eigenvalue weighted by molar-refractivity contribution is 0.297. The fraction of sp³-hybridized carbons (Fsp3) is 0.333. The van der Waals surface area contributed by atoms with Crippen LogP contribution in [-0.4, -0.2) is 13.7 Å². The largest absolute Gasteiger partial charge is 0.496 e. The standard InChI is InChI=1S/C9H15NO/c1-5-8(6-10)9(11-4)7(2)3/h5H,1-2,6,10H2,3-4H3/b9-8-. The summed E-state index contributed by atoms with van der Waals surface area (Å²) in [6.07, 6.45) is 1.69. The van der Waals surface area contributed by atoms with Gasteiger partial charge in [0.2, 0.25) is 0 Å². The predicted octanol–water partition coefficient (Wildman–Crippen LogP) is 1.61. The van der Waals surface area contributed by atoms with Gasteiger partial charge in [-0.1, -0.05) is 19.2 Å². The van der Waals surface area contributed by atoms with E-state index in [1.165, 1.54) is 0 Å². The Morgan fingerprint density at radius 2 is 2.18 bits per heavy atom. The van der Waals surface area contributed by atoms with Gasteiger partial charge in [0.25, 0.3) is 0 Å². The van der Waals surface area contributed by atoms with Crippen molar-refractivity contribution >= 4 is 0 Å². The van der Waals surface area contributed by atoms with Crippen LogP contribution in [0.4, 0.5) is 0 Å². The lowest BCUT2D eigenvalue weighted by Gasteiger charge is -2.08. The SMILES string of the molecule is C=C/C(CN)=C(/OC)C(=C)C. The maximum Gasteiger partial charge on any atom is 0.125 e. The molecule has 0 aliphatic heterocycles. The second kappa shape index (κ2) is 4.74. The van der Waals surface area contributed by atoms with Gasteiger partial charge in [-0.25, -0.2) is 0 Å². The van der Waals surface area contributed by atoms with E-state index >= 15 is 0 Å². The van der Waals surface area contributed by atoms with Crippen LogP contribution in [0.5, 0.6) is 0 Å². The van der Waals surface area contributed by atoms with Crippen LogP contribution < -0.4 is 5.73 Å². The molecule has 0 bridgehead atoms. The van der Waals surface area contributed by atoms with Crippen molar-refractivity contribution in [2.24, 2.45) is 5.73 Å². The van der Waals surface area contributed by atoms with Gasteiger partial charge in [0.05, 0.1) is 7.11 Å². The number of methoxy groups -OCH3 is 1. The molecule has 0 saturated carbocycles. The summed E-state index contributed by atoms with van der Waals surface area (Å²) in [4.78, 5) is 0. The van der Waals surface area contributed by atoms with Crippen LogP contribution in [0.1, 0.15) is 6.92 Å². The third-order valence-corrected chi connectivity index (χ3v) is 1.35. The molecule has 11 heavy (non-hydrogen) atoms. The molecule has 0 aromatic rings. The van der Waals surface area contributed by atoms with E-state index in [-0.39, 0.29) is 0 Å². The molecule has 0 spiro atoms. The number of allylic oxidation sites excluding steroid dienone is 1. The predicted molar refractivity (Wildman–Crippen MR) is 48.1 cm³/mol. The average Bonchev–Trinajstić information content (AvgIpc) is 1.99. The van der Waals surface area contributed by atoms with E-state index < -0.39 is 0 Å². The maximum atomic E-state index is 5.45. The molecule has 0 saturated heterocycles. The first-order chi connectivity index (χ1) is 5.17. The Morgan fingerprint density at radius 1 is 1.64 bits per heavy atom. The molecular weight excluding hydrogens is 138 g/mol. The summed E-state index contributed by atoms with van der Waals surface area (Å²) in [5.41, 5.74) is 7.20. The van der Waals surface area contributed by atoms with Crippen LogP contribution in [0, 0.1) is 0 Å². The summed E-state index contributed by atoms with van der Waals surface area (Å²) in [5, 5.41) is 0. The first-order valence-corrected chi connectivity index (χ1v) is 3.42. The van der Waals surface area contributed by atoms with E-state index in [0.29, 0.717) is 6.54 Å². The van der Waals surface area contributed by atoms with Gasteiger partial charge in [-0.05, 0) is 12.5 Å². The van der Waals surface area contributed by atoms with Gasteiger partial charge < -0.3 is 10.5 Å². The molecule has 2 nitrogen and oxygen atoms in total. The minimum Gasteiger partial charge on any atom is -0.496 e. The number of hydrogen-bond donors (Lipinski definition) is 1. The van der Waals surface area contributed by atoms with Crippen molar-refractivity contribution in [1.29, 1.82) is 0 Å². The molecule has 0 aliphatic carbocycles. The van der Waals surface area contributed by atoms with Gasteiger partial charge in [-0.2, -0.15) is 0 Å². The van der Waals surface area contributed by atoms with Crippen molar-refractivity contribution < 1.29 is 4.74 Å². The van der Waals surface area contributed by atoms with Crippen LogP contribution in [0.25, 0.3) is 0 Å². The first kappa shape index (κ1) is 9.98. The molecule has 2 N–H and O–H groups in total. The number of rotatable bonds is 4. The molecule has 0 radical (unpaired) electrons. The third-order valence-electron chi connectivity index (χ3n) is 1.35. The highest BCUT2D eigenvalue weighted by atomic mass is 16.5. The van der Waals surface area contributed by atoms with E-state index in [9.17, 15) is 0 Å². The lowest BCUT2D eigenvalue weighted by atomic mass is 10.1. The van der Waals surface area contributed by atoms with Crippen molar-refractivity contribution in [2.75, 3.05) is 13.7 Å². The van der Waals surface area contributed by atoms with Crippen molar-refractivity contribution in [3.05, 3.63) is 36.1 Å². The zero-order valence-electron chi connectivity index (χ0n) is 7.18. The minimum absolute atomic E-state index is 0.430. The lowest BCUT2D eigenvalue weighted by Crippen LogP contribution is -2.05. The van der Waals surface area contributed by atoms with Gasteiger partial charge >= 0.3 is 0 Å². The van der Waals surface area contributed by atoms with E-state index in [2.05, 4.69) is 13.2 Å². The van der Waals surface area contributed by atoms with Gasteiger partial charge in [0.15, 0.2) is 0 Å². The molecule has 62 valence electrons. The van der Waals surface area contributed by atoms with Crippen molar-refractivity contribution in [2.45, 2.75) is 6.92 Å². The fourth-order valence-electron chi connectivity index (χ4n) is 0.848. The molecule has 2 heteroatoms. The zero-order chi connectivity index (χ0) is 8.85. The van der Waals surface area contributed by atoms with Gasteiger partial charge in [-0.15, -0.1) is 0 Å². The van der Waals surface area contributed by atoms with Crippen molar-refractivity contribution in [3.8, 4) is 0 Å². The summed E-state index contributed by atoms with van der Waals surface area (Å²) in [6, 6.07) is 0. The first-order valence-electron chi connectivity index (χ1n) is 3.42. The van der Waals surface area contributed by atoms with Crippen LogP contribution in [0.2, 0.25) is 0 Å². The highest BCUT2D eigenvalue weighted by Crippen LogP contribution is 2.13. The van der Waals surface area contributed by atoms with Crippen molar-refractivity contribution in [3.63, 3.8) is 0 Å². The Labute approximate surface area is 68.0 Å². The summed E-state index contributed by atoms with van der Waals surface area (Å²) in [6.45, 7) is 9.68. The van der Waals surface area contributed by atoms with Crippen LogP contribution >= 0.6 is 0 Å². The topological polar surface area (TPSA) is 35.2 Å². The third kappa shape index (κ3) is 2.60. The Kier molecular flexibility index (Phi) is 4.30. The highest BCUT2D eigenvalue weighted by molar-refractivity contribution is 5.33. The second-order valence-electron chi connectivity index (χ2n) is 2.25. The number of nitrogens with two attached hydrogens (primary N) is 1. The summed E-state index contributed by atoms with van der Waals surface area (Å²) >= 11 is 0. The van der Waals surface area contributed by atoms with E-state index in [1.54, 1.807) is 13.2 Å². The Hall–Kier alpha value is -1.02. The molecule has 0 atom stereocenters. The Morgan fingerprint density at radius 3 is 2.27 bits per heavy atom. The summed E-state index contributed by atoms with van der Waals surface area (Å²) in [7, 11) is 1.60. The minimum atomic E-state index is 0.430. The molecule has 0 aromatic carbocycles. The molecule has 0 rings (SSSR count). The molecule has 0 aliphatic rings. The van der Waals surface area contributed by atoms with Crippen molar-refractivity contribution in [1.82, 2.24) is 0 Å². The normalized spacial score (nSPS) is 11.9. The molecule has 0 fully saturated rings. The van der Waals surface area contributed by atoms with E-state index in [0.717, 1.165) is 16.9 Å². The average molecular weight is 153 g/mol. The summed E-state index contributed by atoms with van der Waals surface area (Å²) in [5.74, 6) is 0.738. The van der Waals surface area contributed by atoms with Gasteiger partial charge in [-0.3, -0.25) is 0 Å². The quantitative estimate of drug-likeness (QED) is 0.492. The van der Waals surface area contributed by atoms with Gasteiger partial charge in [0.1, 0.15) is 5.76 Å². The molecule has 0 amide bonds. The molecule has 0 unspecified atom stereocenters. The highest BCUT2D eigenvalue weighted by Gasteiger charge is 2.02. The molecule has 0 aromatic heterocycles. The van der Waals surface area contributed by atoms with Crippen LogP contribution in [-0.2, 0) is 4.74 Å². The second-order valence-corrected chi connectivity index (χ2v) is 2.25. The van der Waals surface area contributed by atoms with Crippen LogP contribution in [0.3, 0.4) is 0 Å². The van der Waals surface area contributed by atoms with Gasteiger partial charge in [0, 0.05) is 12.1 Å². The smallest absolute Gasteiger partial charge is 0.125 e. The zero-order valence-corrected chi connectivity index (χ0v) is 7.18. The number of ether oxygens (including phenoxy) is 1. The monoisotopic (exact) mass is 153 g/mol. The Bertz CT molecular complexity index is 192. The fourth-order valence-corrected chi connectivity index (χ4v) is 0.848. The van der Waals surface area contributed by atoms with Crippen LogP contribution in [0.15, 0.2) is 36.1 Å². The maximum absolute atomic E-state index is 5.45. The molecular formula is C9H15NO. The Balaban J connectivity index is 4.76. The number of hydrogen-bond acceptors (Lipinski definition) is 2. The summed E-state index contributed by atoms with van der Waals surface area (Å²) < 4.78 is 5.08. The van der Waals surface area contributed by atoms with E-state index in [4.69, 9.17) is 10.5 Å². The molecule has 0 heterocycles. The van der Waals surface area contributed by atoms with E-state index in [1.807, 2.05) is 6.92 Å².